The van der Waals surface area contributed by atoms with Gasteiger partial charge in [-0.1, -0.05) is 0 Å². The number of nitrogens with zero attached hydrogens (tertiary/aromatic N) is 5. The summed E-state index contributed by atoms with van der Waals surface area (Å²) in [5.74, 6) is 0.0268. The minimum Gasteiger partial charge on any atom is -0.381 e. The molecule has 7 nitrogen and oxygen atoms in total. The number of nitriles is 1. The smallest absolute Gasteiger partial charge is 0.381 e. The molecule has 0 spiro atoms. The minimum absolute atomic E-state index is 0.141. The van der Waals surface area contributed by atoms with Crippen molar-refractivity contribution in [3.8, 4) is 6.07 Å². The van der Waals surface area contributed by atoms with Gasteiger partial charge in [-0.2, -0.15) is 23.5 Å². The summed E-state index contributed by atoms with van der Waals surface area (Å²) in [6.07, 6.45) is -2.11. The van der Waals surface area contributed by atoms with Crippen LogP contribution in [0.4, 0.5) is 18.9 Å². The molecule has 1 aromatic heterocycles. The van der Waals surface area contributed by atoms with Crippen molar-refractivity contribution < 1.29 is 22.7 Å². The van der Waals surface area contributed by atoms with E-state index in [-0.39, 0.29) is 17.4 Å². The Balaban J connectivity index is 1.60. The second kappa shape index (κ2) is 9.29. The number of anilines is 1. The zero-order valence-corrected chi connectivity index (χ0v) is 19.3. The lowest BCUT2D eigenvalue weighted by molar-refractivity contribution is -0.137. The Morgan fingerprint density at radius 2 is 2.09 bits per heavy atom. The van der Waals surface area contributed by atoms with E-state index in [1.165, 1.54) is 6.07 Å². The van der Waals surface area contributed by atoms with Crippen LogP contribution in [-0.2, 0) is 17.5 Å². The van der Waals surface area contributed by atoms with E-state index in [0.29, 0.717) is 57.3 Å². The van der Waals surface area contributed by atoms with Crippen LogP contribution >= 0.6 is 0 Å². The summed E-state index contributed by atoms with van der Waals surface area (Å²) < 4.78 is 48.1. The van der Waals surface area contributed by atoms with Gasteiger partial charge in [-0.3, -0.25) is 9.48 Å². The van der Waals surface area contributed by atoms with Crippen LogP contribution in [0, 0.1) is 22.7 Å². The predicted molar refractivity (Wildman–Crippen MR) is 119 cm³/mol. The van der Waals surface area contributed by atoms with E-state index >= 15 is 0 Å². The van der Waals surface area contributed by atoms with Gasteiger partial charge in [-0.25, -0.2) is 0 Å². The number of carbonyl (C=O) groups excluding carboxylic acids is 1. The first-order chi connectivity index (χ1) is 16.2. The molecule has 0 saturated carbocycles. The predicted octanol–water partition coefficient (Wildman–Crippen LogP) is 3.80. The van der Waals surface area contributed by atoms with E-state index < -0.39 is 17.2 Å². The van der Waals surface area contributed by atoms with Crippen molar-refractivity contribution in [2.45, 2.75) is 33.0 Å². The molecule has 1 amide bonds. The third-order valence-electron chi connectivity index (χ3n) is 6.92. The van der Waals surface area contributed by atoms with Gasteiger partial charge in [0.25, 0.3) is 5.91 Å². The molecule has 0 N–H and O–H groups in total. The van der Waals surface area contributed by atoms with Crippen LogP contribution < -0.4 is 4.90 Å². The number of amides is 1. The first-order valence-corrected chi connectivity index (χ1v) is 11.5. The average Bonchev–Trinajstić information content (AvgIpc) is 3.46. The fourth-order valence-electron chi connectivity index (χ4n) is 5.14. The normalized spacial score (nSPS) is 22.5. The number of halogens is 3. The highest BCUT2D eigenvalue weighted by Gasteiger charge is 2.51. The molecule has 2 unspecified atom stereocenters. The standard InChI is InChI=1S/C24H28F3N5O2/c1-3-32-10-8-21(29-32)22(33)30-9-7-18-13-31(15-23(18,14-30)16-34-4-2)19-6-5-17(12-28)20(11-19)24(25,26)27/h5-6,8,10-11,18H,3-4,7,9,13-16H2,1-2H3. The lowest BCUT2D eigenvalue weighted by atomic mass is 9.74. The van der Waals surface area contributed by atoms with Gasteiger partial charge in [0.05, 0.1) is 23.8 Å². The van der Waals surface area contributed by atoms with E-state index in [9.17, 15) is 18.0 Å². The number of benzene rings is 1. The Hall–Kier alpha value is -3.06. The van der Waals surface area contributed by atoms with Gasteiger partial charge >= 0.3 is 6.18 Å². The maximum Gasteiger partial charge on any atom is 0.417 e. The maximum atomic E-state index is 13.5. The van der Waals surface area contributed by atoms with Crippen LogP contribution in [0.15, 0.2) is 30.5 Å². The first kappa shape index (κ1) is 24.1. The lowest BCUT2D eigenvalue weighted by Gasteiger charge is -2.43. The number of carbonyl (C=O) groups is 1. The van der Waals surface area contributed by atoms with Crippen molar-refractivity contribution in [3.63, 3.8) is 0 Å². The van der Waals surface area contributed by atoms with E-state index in [1.54, 1.807) is 34.0 Å². The number of aromatic nitrogens is 2. The van der Waals surface area contributed by atoms with E-state index in [0.717, 1.165) is 12.5 Å². The molecule has 2 fully saturated rings. The maximum absolute atomic E-state index is 13.5. The zero-order chi connectivity index (χ0) is 24.5. The Morgan fingerprint density at radius 1 is 1.29 bits per heavy atom. The summed E-state index contributed by atoms with van der Waals surface area (Å²) in [7, 11) is 0. The SMILES string of the molecule is CCOCC12CN(C(=O)c3ccn(CC)n3)CCC1CN(c1ccc(C#N)c(C(F)(F)F)c1)C2. The second-order valence-corrected chi connectivity index (χ2v) is 8.99. The molecule has 4 rings (SSSR count). The summed E-state index contributed by atoms with van der Waals surface area (Å²) in [5, 5.41) is 13.4. The third kappa shape index (κ3) is 4.49. The molecule has 0 bridgehead atoms. The van der Waals surface area contributed by atoms with Gasteiger partial charge in [-0.15, -0.1) is 0 Å². The molecule has 0 radical (unpaired) electrons. The van der Waals surface area contributed by atoms with Crippen molar-refractivity contribution >= 4 is 11.6 Å². The highest BCUT2D eigenvalue weighted by molar-refractivity contribution is 5.92. The number of rotatable bonds is 6. The molecule has 3 heterocycles. The Bertz CT molecular complexity index is 1090. The topological polar surface area (TPSA) is 74.4 Å². The molecule has 2 aromatic rings. The molecule has 2 aliphatic heterocycles. The van der Waals surface area contributed by atoms with Crippen molar-refractivity contribution in [1.29, 1.82) is 5.26 Å². The molecule has 1 aromatic carbocycles. The van der Waals surface area contributed by atoms with Crippen LogP contribution in [-0.4, -0.2) is 60.0 Å². The summed E-state index contributed by atoms with van der Waals surface area (Å²) in [6, 6.07) is 7.21. The van der Waals surface area contributed by atoms with Gasteiger partial charge in [0.15, 0.2) is 0 Å². The van der Waals surface area contributed by atoms with E-state index in [2.05, 4.69) is 5.10 Å². The monoisotopic (exact) mass is 475 g/mol. The molecular formula is C24H28F3N5O2. The largest absolute Gasteiger partial charge is 0.417 e. The summed E-state index contributed by atoms with van der Waals surface area (Å²) in [6.45, 7) is 7.50. The number of alkyl halides is 3. The van der Waals surface area contributed by atoms with Crippen LogP contribution in [0.2, 0.25) is 0 Å². The Labute approximate surface area is 196 Å². The number of fused-ring (bicyclic) bond motifs is 1. The van der Waals surface area contributed by atoms with Crippen LogP contribution in [0.25, 0.3) is 0 Å². The molecule has 34 heavy (non-hydrogen) atoms. The van der Waals surface area contributed by atoms with Crippen molar-refractivity contribution in [2.24, 2.45) is 11.3 Å². The summed E-state index contributed by atoms with van der Waals surface area (Å²) in [4.78, 5) is 16.9. The van der Waals surface area contributed by atoms with Crippen molar-refractivity contribution in [1.82, 2.24) is 14.7 Å². The van der Waals surface area contributed by atoms with Crippen molar-refractivity contribution in [2.75, 3.05) is 44.3 Å². The van der Waals surface area contributed by atoms with Gasteiger partial charge in [0, 0.05) is 56.6 Å². The van der Waals surface area contributed by atoms with E-state index in [1.807, 2.05) is 18.7 Å². The fraction of sp³-hybridized carbons (Fsp3) is 0.542. The second-order valence-electron chi connectivity index (χ2n) is 8.99. The summed E-state index contributed by atoms with van der Waals surface area (Å²) in [5.41, 5.74) is -0.895. The van der Waals surface area contributed by atoms with E-state index in [4.69, 9.17) is 10.00 Å². The quantitative estimate of drug-likeness (QED) is 0.636. The highest BCUT2D eigenvalue weighted by Crippen LogP contribution is 2.45. The zero-order valence-electron chi connectivity index (χ0n) is 19.3. The molecule has 0 aliphatic carbocycles. The first-order valence-electron chi connectivity index (χ1n) is 11.5. The lowest BCUT2D eigenvalue weighted by Crippen LogP contribution is -2.53. The molecule has 10 heteroatoms. The highest BCUT2D eigenvalue weighted by atomic mass is 19.4. The number of likely N-dealkylation sites (tertiary alicyclic amines) is 1. The van der Waals surface area contributed by atoms with Gasteiger partial charge in [0.2, 0.25) is 0 Å². The Morgan fingerprint density at radius 3 is 2.74 bits per heavy atom. The molecule has 2 atom stereocenters. The van der Waals surface area contributed by atoms with Gasteiger partial charge in [-0.05, 0) is 50.5 Å². The van der Waals surface area contributed by atoms with Crippen molar-refractivity contribution in [3.05, 3.63) is 47.3 Å². The number of hydrogen-bond donors (Lipinski definition) is 0. The Kier molecular flexibility index (Phi) is 6.58. The molecule has 2 saturated heterocycles. The third-order valence-corrected chi connectivity index (χ3v) is 6.92. The number of piperidine rings is 1. The molecule has 182 valence electrons. The number of ether oxygens (including phenoxy) is 1. The average molecular weight is 476 g/mol. The van der Waals surface area contributed by atoms with Crippen LogP contribution in [0.3, 0.4) is 0 Å². The van der Waals surface area contributed by atoms with Gasteiger partial charge < -0.3 is 14.5 Å². The number of hydrogen-bond acceptors (Lipinski definition) is 5. The van der Waals surface area contributed by atoms with Crippen LogP contribution in [0.1, 0.15) is 41.9 Å². The molecule has 2 aliphatic rings. The minimum atomic E-state index is -4.61. The molecular weight excluding hydrogens is 447 g/mol. The van der Waals surface area contributed by atoms with Gasteiger partial charge in [0.1, 0.15) is 5.69 Å². The summed E-state index contributed by atoms with van der Waals surface area (Å²) >= 11 is 0. The fourth-order valence-corrected chi connectivity index (χ4v) is 5.14. The number of aryl methyl sites for hydroxylation is 1. The van der Waals surface area contributed by atoms with Crippen LogP contribution in [0.5, 0.6) is 0 Å².